The first-order chi connectivity index (χ1) is 11.3. The molecule has 0 bridgehead atoms. The summed E-state index contributed by atoms with van der Waals surface area (Å²) in [5.41, 5.74) is 5.84. The Kier molecular flexibility index (Phi) is 4.33. The van der Waals surface area contributed by atoms with Gasteiger partial charge in [-0.25, -0.2) is 13.8 Å². The van der Waals surface area contributed by atoms with Gasteiger partial charge < -0.3 is 10.3 Å². The first-order valence-corrected chi connectivity index (χ1v) is 7.57. The molecule has 0 saturated carbocycles. The maximum Gasteiger partial charge on any atom is 0.394 e. The third-order valence-electron chi connectivity index (χ3n) is 4.32. The number of hydrogen-bond acceptors (Lipinski definition) is 2. The Balaban J connectivity index is 2.00. The molecule has 2 N–H and O–H groups in total. The number of nitrogens with two attached hydrogens (primary N) is 1. The Labute approximate surface area is 135 Å². The molecule has 0 spiro atoms. The summed E-state index contributed by atoms with van der Waals surface area (Å²) in [4.78, 5) is 4.01. The Morgan fingerprint density at radius 1 is 1.17 bits per heavy atom. The van der Waals surface area contributed by atoms with Gasteiger partial charge in [0.1, 0.15) is 17.5 Å². The first kappa shape index (κ1) is 16.9. The van der Waals surface area contributed by atoms with E-state index >= 15 is 0 Å². The van der Waals surface area contributed by atoms with E-state index in [4.69, 9.17) is 5.73 Å². The minimum absolute atomic E-state index is 0.0201. The van der Waals surface area contributed by atoms with Gasteiger partial charge >= 0.3 is 6.18 Å². The molecule has 0 radical (unpaired) electrons. The van der Waals surface area contributed by atoms with E-state index in [-0.39, 0.29) is 17.8 Å². The van der Waals surface area contributed by atoms with Crippen molar-refractivity contribution in [2.24, 2.45) is 5.73 Å². The number of fused-ring (bicyclic) bond motifs is 1. The molecule has 130 valence electrons. The van der Waals surface area contributed by atoms with E-state index in [2.05, 4.69) is 4.98 Å². The maximum atomic E-state index is 14.1. The highest BCUT2D eigenvalue weighted by atomic mass is 19.4. The lowest BCUT2D eigenvalue weighted by Crippen LogP contribution is -2.20. The highest BCUT2D eigenvalue weighted by Gasteiger charge is 2.33. The predicted molar refractivity (Wildman–Crippen MR) is 77.2 cm³/mol. The van der Waals surface area contributed by atoms with Gasteiger partial charge in [-0.1, -0.05) is 6.07 Å². The van der Waals surface area contributed by atoms with Crippen molar-refractivity contribution in [1.82, 2.24) is 9.55 Å². The van der Waals surface area contributed by atoms with Gasteiger partial charge in [0.25, 0.3) is 0 Å². The van der Waals surface area contributed by atoms with Crippen LogP contribution in [-0.2, 0) is 13.0 Å². The van der Waals surface area contributed by atoms with Crippen molar-refractivity contribution in [2.45, 2.75) is 43.9 Å². The summed E-state index contributed by atoms with van der Waals surface area (Å²) in [6.45, 7) is 0.0201. The van der Waals surface area contributed by atoms with Crippen LogP contribution in [0.25, 0.3) is 0 Å². The van der Waals surface area contributed by atoms with Gasteiger partial charge in [0.05, 0.1) is 12.5 Å². The zero-order valence-electron chi connectivity index (χ0n) is 12.7. The molecule has 0 saturated heterocycles. The molecule has 0 amide bonds. The van der Waals surface area contributed by atoms with Gasteiger partial charge in [0.2, 0.25) is 0 Å². The average Bonchev–Trinajstić information content (AvgIpc) is 2.76. The highest BCUT2D eigenvalue weighted by molar-refractivity contribution is 5.25. The van der Waals surface area contributed by atoms with Crippen molar-refractivity contribution >= 4 is 0 Å². The Morgan fingerprint density at radius 2 is 1.83 bits per heavy atom. The molecule has 0 aliphatic carbocycles. The van der Waals surface area contributed by atoms with Crippen LogP contribution < -0.4 is 5.73 Å². The minimum atomic E-state index is -4.40. The van der Waals surface area contributed by atoms with Crippen LogP contribution in [0.1, 0.15) is 41.9 Å². The predicted octanol–water partition coefficient (Wildman–Crippen LogP) is 3.84. The Hall–Kier alpha value is -1.96. The smallest absolute Gasteiger partial charge is 0.330 e. The first-order valence-electron chi connectivity index (χ1n) is 7.57. The van der Waals surface area contributed by atoms with Gasteiger partial charge in [-0.15, -0.1) is 0 Å². The lowest BCUT2D eigenvalue weighted by Gasteiger charge is -2.19. The van der Waals surface area contributed by atoms with Crippen molar-refractivity contribution in [1.29, 1.82) is 0 Å². The zero-order chi connectivity index (χ0) is 17.5. The van der Waals surface area contributed by atoms with Crippen molar-refractivity contribution in [3.63, 3.8) is 0 Å². The fraction of sp³-hybridized carbons (Fsp3) is 0.438. The van der Waals surface area contributed by atoms with E-state index in [0.717, 1.165) is 18.3 Å². The topological polar surface area (TPSA) is 43.8 Å². The molecule has 3 rings (SSSR count). The van der Waals surface area contributed by atoms with Crippen molar-refractivity contribution in [2.75, 3.05) is 0 Å². The highest BCUT2D eigenvalue weighted by Crippen LogP contribution is 2.35. The molecule has 1 aromatic heterocycles. The second-order valence-corrected chi connectivity index (χ2v) is 6.03. The molecule has 2 aromatic rings. The molecule has 3 nitrogen and oxygen atoms in total. The molecule has 24 heavy (non-hydrogen) atoms. The summed E-state index contributed by atoms with van der Waals surface area (Å²) in [5.74, 6) is -1.67. The quantitative estimate of drug-likeness (QED) is 0.841. The molecule has 8 heteroatoms. The van der Waals surface area contributed by atoms with Crippen LogP contribution in [0.2, 0.25) is 0 Å². The van der Waals surface area contributed by atoms with E-state index in [1.165, 1.54) is 10.6 Å². The Bertz CT molecular complexity index is 718. The number of aromatic nitrogens is 2. The molecular weight excluding hydrogens is 329 g/mol. The van der Waals surface area contributed by atoms with Crippen molar-refractivity contribution in [3.05, 3.63) is 53.1 Å². The van der Waals surface area contributed by atoms with E-state index in [0.29, 0.717) is 18.7 Å². The maximum absolute atomic E-state index is 14.1. The van der Waals surface area contributed by atoms with Gasteiger partial charge in [-0.05, 0) is 25.0 Å². The Morgan fingerprint density at radius 3 is 2.46 bits per heavy atom. The third-order valence-corrected chi connectivity index (χ3v) is 4.32. The van der Waals surface area contributed by atoms with Crippen LogP contribution in [-0.4, -0.2) is 15.7 Å². The third kappa shape index (κ3) is 3.28. The lowest BCUT2D eigenvalue weighted by molar-refractivity contribution is -0.128. The lowest BCUT2D eigenvalue weighted by atomic mass is 9.92. The van der Waals surface area contributed by atoms with E-state index in [1.807, 2.05) is 0 Å². The van der Waals surface area contributed by atoms with E-state index < -0.39 is 36.2 Å². The largest absolute Gasteiger partial charge is 0.394 e. The molecular formula is C16H16F5N3. The normalized spacial score (nSPS) is 21.4. The standard InChI is InChI=1S/C16H16F5N3/c17-11-2-1-3-12(18)14(11)9-4-5-13(22)15-23-7-10(24(15)8-9)6-16(19,20)21/h1-3,7,9,13H,4-6,8,22H2/t9-,13-/m1/s1. The number of hydrogen-bond donors (Lipinski definition) is 1. The van der Waals surface area contributed by atoms with Gasteiger partial charge in [-0.2, -0.15) is 13.2 Å². The van der Waals surface area contributed by atoms with Crippen LogP contribution in [0.15, 0.2) is 24.4 Å². The molecule has 0 unspecified atom stereocenters. The van der Waals surface area contributed by atoms with Crippen LogP contribution in [0.5, 0.6) is 0 Å². The molecule has 0 fully saturated rings. The number of nitrogens with zero attached hydrogens (tertiary/aromatic N) is 2. The summed E-state index contributed by atoms with van der Waals surface area (Å²) >= 11 is 0. The second-order valence-electron chi connectivity index (χ2n) is 6.03. The molecule has 1 aliphatic heterocycles. The molecule has 2 heterocycles. The number of benzene rings is 1. The summed E-state index contributed by atoms with van der Waals surface area (Å²) in [6, 6.07) is 2.99. The number of rotatable bonds is 2. The fourth-order valence-electron chi connectivity index (χ4n) is 3.24. The average molecular weight is 345 g/mol. The van der Waals surface area contributed by atoms with Crippen molar-refractivity contribution in [3.8, 4) is 0 Å². The number of alkyl halides is 3. The molecule has 1 aliphatic rings. The molecule has 2 atom stereocenters. The summed E-state index contributed by atoms with van der Waals surface area (Å²) in [7, 11) is 0. The summed E-state index contributed by atoms with van der Waals surface area (Å²) < 4.78 is 67.7. The number of halogens is 5. The van der Waals surface area contributed by atoms with E-state index in [1.54, 1.807) is 0 Å². The van der Waals surface area contributed by atoms with Crippen LogP contribution in [0.3, 0.4) is 0 Å². The van der Waals surface area contributed by atoms with Crippen LogP contribution in [0, 0.1) is 11.6 Å². The number of imidazole rings is 1. The SMILES string of the molecule is N[C@@H]1CC[C@@H](c2c(F)cccc2F)Cn2c(CC(F)(F)F)cnc21. The van der Waals surface area contributed by atoms with Crippen LogP contribution in [0.4, 0.5) is 22.0 Å². The molecule has 1 aromatic carbocycles. The van der Waals surface area contributed by atoms with Crippen molar-refractivity contribution < 1.29 is 22.0 Å². The van der Waals surface area contributed by atoms with Gasteiger partial charge in [-0.3, -0.25) is 0 Å². The summed E-state index contributed by atoms with van der Waals surface area (Å²) in [5, 5.41) is 0. The second kappa shape index (κ2) is 6.16. The fourth-order valence-corrected chi connectivity index (χ4v) is 3.24. The van der Waals surface area contributed by atoms with Crippen LogP contribution >= 0.6 is 0 Å². The van der Waals surface area contributed by atoms with Gasteiger partial charge in [0, 0.05) is 29.9 Å². The zero-order valence-corrected chi connectivity index (χ0v) is 12.7. The minimum Gasteiger partial charge on any atom is -0.330 e. The summed E-state index contributed by atoms with van der Waals surface area (Å²) in [6.07, 6.45) is -3.65. The van der Waals surface area contributed by atoms with E-state index in [9.17, 15) is 22.0 Å². The monoisotopic (exact) mass is 345 g/mol. The van der Waals surface area contributed by atoms with Gasteiger partial charge in [0.15, 0.2) is 0 Å².